The Morgan fingerprint density at radius 1 is 1.35 bits per heavy atom. The van der Waals surface area contributed by atoms with Gasteiger partial charge in [-0.15, -0.1) is 11.8 Å². The predicted octanol–water partition coefficient (Wildman–Crippen LogP) is 2.99. The van der Waals surface area contributed by atoms with Crippen LogP contribution in [0, 0.1) is 11.8 Å². The number of likely N-dealkylation sites (tertiary alicyclic amines) is 1. The highest BCUT2D eigenvalue weighted by atomic mass is 32.2. The molecule has 2 aliphatic rings. The highest BCUT2D eigenvalue weighted by Crippen LogP contribution is 2.35. The fourth-order valence-electron chi connectivity index (χ4n) is 3.16. The van der Waals surface area contributed by atoms with Crippen LogP contribution in [0.15, 0.2) is 41.1 Å². The SMILES string of the molecule is CC1=CC[C@H]2CN(C(=O)CSc3ccncc3)C[C@H]2C1. The summed E-state index contributed by atoms with van der Waals surface area (Å²) in [6.07, 6.45) is 8.21. The van der Waals surface area contributed by atoms with E-state index in [1.807, 2.05) is 12.1 Å². The molecule has 0 unspecified atom stereocenters. The Bertz CT molecular complexity index is 514. The third-order valence-corrected chi connectivity index (χ3v) is 5.29. The third kappa shape index (κ3) is 3.06. The normalized spacial score (nSPS) is 25.2. The smallest absolute Gasteiger partial charge is 0.232 e. The lowest BCUT2D eigenvalue weighted by molar-refractivity contribution is -0.127. The number of amides is 1. The second kappa shape index (κ2) is 6.00. The predicted molar refractivity (Wildman–Crippen MR) is 81.5 cm³/mol. The average Bonchev–Trinajstić information content (AvgIpc) is 2.89. The zero-order valence-corrected chi connectivity index (χ0v) is 12.6. The van der Waals surface area contributed by atoms with E-state index < -0.39 is 0 Å². The summed E-state index contributed by atoms with van der Waals surface area (Å²) in [5.41, 5.74) is 1.49. The molecule has 0 bridgehead atoms. The summed E-state index contributed by atoms with van der Waals surface area (Å²) in [4.78, 5) is 19.5. The number of thioether (sulfide) groups is 1. The molecule has 0 N–H and O–H groups in total. The Kier molecular flexibility index (Phi) is 4.10. The lowest BCUT2D eigenvalue weighted by atomic mass is 9.83. The molecule has 1 aliphatic carbocycles. The van der Waals surface area contributed by atoms with E-state index in [4.69, 9.17) is 0 Å². The van der Waals surface area contributed by atoms with E-state index in [1.54, 1.807) is 24.2 Å². The van der Waals surface area contributed by atoms with E-state index >= 15 is 0 Å². The van der Waals surface area contributed by atoms with Gasteiger partial charge in [0.15, 0.2) is 0 Å². The molecule has 0 spiro atoms. The molecule has 4 heteroatoms. The van der Waals surface area contributed by atoms with Crippen LogP contribution in [0.2, 0.25) is 0 Å². The van der Waals surface area contributed by atoms with Gasteiger partial charge in [0.05, 0.1) is 5.75 Å². The van der Waals surface area contributed by atoms with Crippen molar-refractivity contribution in [1.82, 2.24) is 9.88 Å². The van der Waals surface area contributed by atoms with Gasteiger partial charge in [0.1, 0.15) is 0 Å². The van der Waals surface area contributed by atoms with Crippen LogP contribution in [0.25, 0.3) is 0 Å². The summed E-state index contributed by atoms with van der Waals surface area (Å²) in [6.45, 7) is 4.11. The number of rotatable bonds is 3. The molecule has 1 fully saturated rings. The Morgan fingerprint density at radius 2 is 2.10 bits per heavy atom. The number of carbonyl (C=O) groups excluding carboxylic acids is 1. The summed E-state index contributed by atoms with van der Waals surface area (Å²) in [6, 6.07) is 3.91. The van der Waals surface area contributed by atoms with Gasteiger partial charge in [-0.1, -0.05) is 11.6 Å². The zero-order valence-electron chi connectivity index (χ0n) is 11.8. The van der Waals surface area contributed by atoms with Crippen molar-refractivity contribution in [2.24, 2.45) is 11.8 Å². The van der Waals surface area contributed by atoms with E-state index in [1.165, 1.54) is 12.0 Å². The monoisotopic (exact) mass is 288 g/mol. The molecular formula is C16H20N2OS. The zero-order chi connectivity index (χ0) is 13.9. The first-order valence-electron chi connectivity index (χ1n) is 7.18. The number of pyridine rings is 1. The fraction of sp³-hybridized carbons (Fsp3) is 0.500. The van der Waals surface area contributed by atoms with E-state index in [-0.39, 0.29) is 5.91 Å². The largest absolute Gasteiger partial charge is 0.341 e. The van der Waals surface area contributed by atoms with Crippen LogP contribution >= 0.6 is 11.8 Å². The number of carbonyl (C=O) groups is 1. The lowest BCUT2D eigenvalue weighted by Gasteiger charge is -2.21. The van der Waals surface area contributed by atoms with E-state index in [2.05, 4.69) is 22.9 Å². The van der Waals surface area contributed by atoms with Gasteiger partial charge < -0.3 is 4.90 Å². The van der Waals surface area contributed by atoms with Crippen molar-refractivity contribution in [3.63, 3.8) is 0 Å². The van der Waals surface area contributed by atoms with Gasteiger partial charge in [-0.2, -0.15) is 0 Å². The first kappa shape index (κ1) is 13.7. The molecule has 0 saturated carbocycles. The molecule has 2 heterocycles. The van der Waals surface area contributed by atoms with Crippen molar-refractivity contribution in [1.29, 1.82) is 0 Å². The minimum Gasteiger partial charge on any atom is -0.341 e. The molecule has 1 aromatic rings. The third-order valence-electron chi connectivity index (χ3n) is 4.29. The van der Waals surface area contributed by atoms with Crippen LogP contribution in [-0.2, 0) is 4.79 Å². The van der Waals surface area contributed by atoms with Crippen molar-refractivity contribution in [3.05, 3.63) is 36.2 Å². The number of hydrogen-bond donors (Lipinski definition) is 0. The molecule has 3 nitrogen and oxygen atoms in total. The second-order valence-corrected chi connectivity index (χ2v) is 6.83. The number of allylic oxidation sites excluding steroid dienone is 2. The number of fused-ring (bicyclic) bond motifs is 1. The molecule has 3 rings (SSSR count). The van der Waals surface area contributed by atoms with Gasteiger partial charge in [0, 0.05) is 30.4 Å². The van der Waals surface area contributed by atoms with E-state index in [0.717, 1.165) is 24.4 Å². The van der Waals surface area contributed by atoms with Gasteiger partial charge in [0.2, 0.25) is 5.91 Å². The molecule has 1 aromatic heterocycles. The highest BCUT2D eigenvalue weighted by molar-refractivity contribution is 8.00. The maximum absolute atomic E-state index is 12.3. The molecule has 1 aliphatic heterocycles. The van der Waals surface area contributed by atoms with Crippen LogP contribution < -0.4 is 0 Å². The van der Waals surface area contributed by atoms with Gasteiger partial charge in [-0.25, -0.2) is 0 Å². The Balaban J connectivity index is 1.52. The molecule has 1 amide bonds. The second-order valence-electron chi connectivity index (χ2n) is 5.78. The minimum absolute atomic E-state index is 0.277. The average molecular weight is 288 g/mol. The van der Waals surface area contributed by atoms with Crippen LogP contribution in [0.3, 0.4) is 0 Å². The standard InChI is InChI=1S/C16H20N2OS/c1-12-2-3-13-9-18(10-14(13)8-12)16(19)11-20-15-4-6-17-7-5-15/h2,4-7,13-14H,3,8-11H2,1H3/t13-,14+/m0/s1. The number of nitrogens with zero attached hydrogens (tertiary/aromatic N) is 2. The molecule has 1 saturated heterocycles. The molecule has 106 valence electrons. The molecular weight excluding hydrogens is 268 g/mol. The maximum atomic E-state index is 12.3. The van der Waals surface area contributed by atoms with Crippen LogP contribution in [0.5, 0.6) is 0 Å². The van der Waals surface area contributed by atoms with Crippen molar-refractivity contribution < 1.29 is 4.79 Å². The van der Waals surface area contributed by atoms with Crippen LogP contribution in [-0.4, -0.2) is 34.6 Å². The number of hydrogen-bond acceptors (Lipinski definition) is 3. The first-order chi connectivity index (χ1) is 9.72. The fourth-order valence-corrected chi connectivity index (χ4v) is 3.95. The first-order valence-corrected chi connectivity index (χ1v) is 8.17. The van der Waals surface area contributed by atoms with Gasteiger partial charge in [0.25, 0.3) is 0 Å². The van der Waals surface area contributed by atoms with Gasteiger partial charge in [-0.3, -0.25) is 9.78 Å². The van der Waals surface area contributed by atoms with E-state index in [9.17, 15) is 4.79 Å². The molecule has 2 atom stereocenters. The topological polar surface area (TPSA) is 33.2 Å². The van der Waals surface area contributed by atoms with Crippen molar-refractivity contribution in [2.75, 3.05) is 18.8 Å². The maximum Gasteiger partial charge on any atom is 0.232 e. The molecule has 20 heavy (non-hydrogen) atoms. The minimum atomic E-state index is 0.277. The van der Waals surface area contributed by atoms with Crippen LogP contribution in [0.4, 0.5) is 0 Å². The lowest BCUT2D eigenvalue weighted by Crippen LogP contribution is -2.30. The molecule has 0 radical (unpaired) electrons. The van der Waals surface area contributed by atoms with Crippen molar-refractivity contribution in [2.45, 2.75) is 24.7 Å². The Labute approximate surface area is 124 Å². The summed E-state index contributed by atoms with van der Waals surface area (Å²) >= 11 is 1.60. The Hall–Kier alpha value is -1.29. The summed E-state index contributed by atoms with van der Waals surface area (Å²) in [5.74, 6) is 2.19. The van der Waals surface area contributed by atoms with Gasteiger partial charge in [-0.05, 0) is 43.7 Å². The van der Waals surface area contributed by atoms with Crippen molar-refractivity contribution in [3.8, 4) is 0 Å². The summed E-state index contributed by atoms with van der Waals surface area (Å²) in [5, 5.41) is 0. The molecule has 0 aromatic carbocycles. The van der Waals surface area contributed by atoms with Crippen molar-refractivity contribution >= 4 is 17.7 Å². The quantitative estimate of drug-likeness (QED) is 0.633. The van der Waals surface area contributed by atoms with Gasteiger partial charge >= 0.3 is 0 Å². The van der Waals surface area contributed by atoms with E-state index in [0.29, 0.717) is 17.6 Å². The Morgan fingerprint density at radius 3 is 2.90 bits per heavy atom. The number of aromatic nitrogens is 1. The van der Waals surface area contributed by atoms with Crippen LogP contribution in [0.1, 0.15) is 19.8 Å². The summed E-state index contributed by atoms with van der Waals surface area (Å²) in [7, 11) is 0. The summed E-state index contributed by atoms with van der Waals surface area (Å²) < 4.78 is 0. The highest BCUT2D eigenvalue weighted by Gasteiger charge is 2.35.